The van der Waals surface area contributed by atoms with E-state index < -0.39 is 0 Å². The van der Waals surface area contributed by atoms with Gasteiger partial charge < -0.3 is 14.2 Å². The van der Waals surface area contributed by atoms with Gasteiger partial charge in [0.2, 0.25) is 0 Å². The van der Waals surface area contributed by atoms with Crippen LogP contribution in [0.3, 0.4) is 0 Å². The third kappa shape index (κ3) is 3.20. The number of fused-ring (bicyclic) bond motifs is 1. The minimum absolute atomic E-state index is 0.891. The van der Waals surface area contributed by atoms with Gasteiger partial charge in [-0.15, -0.1) is 0 Å². The second-order valence-corrected chi connectivity index (χ2v) is 7.54. The van der Waals surface area contributed by atoms with E-state index in [4.69, 9.17) is 4.98 Å². The summed E-state index contributed by atoms with van der Waals surface area (Å²) >= 11 is 0. The number of anilines is 2. The van der Waals surface area contributed by atoms with Gasteiger partial charge in [0, 0.05) is 56.5 Å². The molecule has 6 heteroatoms. The molecule has 0 unspecified atom stereocenters. The van der Waals surface area contributed by atoms with E-state index in [-0.39, 0.29) is 0 Å². The second kappa shape index (κ2) is 7.20. The van der Waals surface area contributed by atoms with Gasteiger partial charge in [-0.2, -0.15) is 0 Å². The zero-order valence-electron chi connectivity index (χ0n) is 16.8. The van der Waals surface area contributed by atoms with Crippen LogP contribution >= 0.6 is 0 Å². The van der Waals surface area contributed by atoms with Crippen LogP contribution in [0.4, 0.5) is 11.6 Å². The number of nitrogens with zero attached hydrogens (tertiary/aromatic N) is 6. The van der Waals surface area contributed by atoms with Gasteiger partial charge in [-0.1, -0.05) is 24.3 Å². The zero-order chi connectivity index (χ0) is 19.8. The minimum Gasteiger partial charge on any atom is -0.353 e. The number of benzene rings is 1. The molecule has 0 atom stereocenters. The van der Waals surface area contributed by atoms with E-state index in [2.05, 4.69) is 68.5 Å². The summed E-state index contributed by atoms with van der Waals surface area (Å²) in [6.07, 6.45) is 7.79. The summed E-state index contributed by atoms with van der Waals surface area (Å²) in [6.45, 7) is 7.91. The number of rotatable bonds is 3. The van der Waals surface area contributed by atoms with Crippen LogP contribution in [-0.4, -0.2) is 45.5 Å². The van der Waals surface area contributed by atoms with E-state index in [1.54, 1.807) is 0 Å². The quantitative estimate of drug-likeness (QED) is 0.539. The van der Waals surface area contributed by atoms with Crippen molar-refractivity contribution in [3.63, 3.8) is 0 Å². The molecule has 0 amide bonds. The predicted molar refractivity (Wildman–Crippen MR) is 117 cm³/mol. The van der Waals surface area contributed by atoms with Crippen molar-refractivity contribution >= 4 is 17.3 Å². The van der Waals surface area contributed by atoms with E-state index in [1.807, 2.05) is 30.7 Å². The van der Waals surface area contributed by atoms with E-state index in [0.29, 0.717) is 0 Å². The largest absolute Gasteiger partial charge is 0.353 e. The standard InChI is InChI=1S/C23H24N6/c1-17-6-5-7-18(2)21(17)19-16-29-11-10-25-22(29)23(26-19)28-14-12-27(13-15-28)20-8-3-4-9-24-20/h3-11,16H,12-15H2,1-2H3. The van der Waals surface area contributed by atoms with Crippen LogP contribution in [-0.2, 0) is 0 Å². The van der Waals surface area contributed by atoms with Crippen molar-refractivity contribution in [1.82, 2.24) is 19.4 Å². The van der Waals surface area contributed by atoms with Gasteiger partial charge in [0.1, 0.15) is 5.82 Å². The second-order valence-electron chi connectivity index (χ2n) is 7.54. The fourth-order valence-corrected chi connectivity index (χ4v) is 4.15. The lowest BCUT2D eigenvalue weighted by Gasteiger charge is -2.36. The normalized spacial score (nSPS) is 14.6. The van der Waals surface area contributed by atoms with Crippen LogP contribution in [0.25, 0.3) is 16.9 Å². The lowest BCUT2D eigenvalue weighted by Crippen LogP contribution is -2.47. The molecule has 6 nitrogen and oxygen atoms in total. The maximum atomic E-state index is 5.09. The van der Waals surface area contributed by atoms with E-state index in [0.717, 1.165) is 49.2 Å². The SMILES string of the molecule is Cc1cccc(C)c1-c1cn2ccnc2c(N2CCN(c3ccccn3)CC2)n1. The smallest absolute Gasteiger partial charge is 0.180 e. The summed E-state index contributed by atoms with van der Waals surface area (Å²) in [6, 6.07) is 12.5. The van der Waals surface area contributed by atoms with Gasteiger partial charge in [0.15, 0.2) is 11.5 Å². The number of imidazole rings is 1. The highest BCUT2D eigenvalue weighted by atomic mass is 15.3. The molecule has 29 heavy (non-hydrogen) atoms. The van der Waals surface area contributed by atoms with Gasteiger partial charge >= 0.3 is 0 Å². The number of hydrogen-bond acceptors (Lipinski definition) is 5. The molecule has 0 spiro atoms. The molecule has 5 rings (SSSR count). The summed E-state index contributed by atoms with van der Waals surface area (Å²) in [4.78, 5) is 18.8. The molecule has 1 saturated heterocycles. The molecule has 0 N–H and O–H groups in total. The fraction of sp³-hybridized carbons (Fsp3) is 0.261. The molecule has 1 aliphatic heterocycles. The van der Waals surface area contributed by atoms with E-state index in [1.165, 1.54) is 16.7 Å². The predicted octanol–water partition coefficient (Wildman–Crippen LogP) is 3.73. The van der Waals surface area contributed by atoms with E-state index in [9.17, 15) is 0 Å². The Morgan fingerprint density at radius 3 is 2.28 bits per heavy atom. The number of hydrogen-bond donors (Lipinski definition) is 0. The summed E-state index contributed by atoms with van der Waals surface area (Å²) in [7, 11) is 0. The van der Waals surface area contributed by atoms with Crippen molar-refractivity contribution in [2.45, 2.75) is 13.8 Å². The molecule has 1 aliphatic rings. The van der Waals surface area contributed by atoms with Crippen LogP contribution in [0.1, 0.15) is 11.1 Å². The molecule has 4 heterocycles. The first-order valence-electron chi connectivity index (χ1n) is 10.0. The van der Waals surface area contributed by atoms with Crippen molar-refractivity contribution < 1.29 is 0 Å². The Morgan fingerprint density at radius 2 is 1.55 bits per heavy atom. The van der Waals surface area contributed by atoms with Gasteiger partial charge in [0.25, 0.3) is 0 Å². The number of aromatic nitrogens is 4. The first-order chi connectivity index (χ1) is 14.2. The summed E-state index contributed by atoms with van der Waals surface area (Å²) in [5.41, 5.74) is 5.58. The van der Waals surface area contributed by atoms with Crippen molar-refractivity contribution in [3.8, 4) is 11.3 Å². The topological polar surface area (TPSA) is 49.6 Å². The molecule has 0 aliphatic carbocycles. The first kappa shape index (κ1) is 17.7. The maximum Gasteiger partial charge on any atom is 0.180 e. The highest BCUT2D eigenvalue weighted by molar-refractivity contribution is 5.73. The van der Waals surface area contributed by atoms with Crippen molar-refractivity contribution in [3.05, 3.63) is 72.3 Å². The van der Waals surface area contributed by atoms with Crippen LogP contribution < -0.4 is 9.80 Å². The van der Waals surface area contributed by atoms with Gasteiger partial charge in [-0.25, -0.2) is 15.0 Å². The van der Waals surface area contributed by atoms with Crippen LogP contribution in [0.15, 0.2) is 61.2 Å². The molecule has 1 fully saturated rings. The molecule has 0 radical (unpaired) electrons. The molecule has 0 saturated carbocycles. The summed E-state index contributed by atoms with van der Waals surface area (Å²) in [5.74, 6) is 1.99. The van der Waals surface area contributed by atoms with Gasteiger partial charge in [-0.3, -0.25) is 0 Å². The van der Waals surface area contributed by atoms with Crippen molar-refractivity contribution in [2.24, 2.45) is 0 Å². The Hall–Kier alpha value is -3.41. The van der Waals surface area contributed by atoms with Gasteiger partial charge in [0.05, 0.1) is 5.69 Å². The Balaban J connectivity index is 1.50. The minimum atomic E-state index is 0.891. The van der Waals surface area contributed by atoms with Crippen LogP contribution in [0.5, 0.6) is 0 Å². The lowest BCUT2D eigenvalue weighted by atomic mass is 10.0. The number of pyridine rings is 1. The molecule has 146 valence electrons. The molecule has 0 bridgehead atoms. The van der Waals surface area contributed by atoms with E-state index >= 15 is 0 Å². The Kier molecular flexibility index (Phi) is 4.39. The molecule has 3 aromatic heterocycles. The molecular weight excluding hydrogens is 360 g/mol. The van der Waals surface area contributed by atoms with Crippen molar-refractivity contribution in [1.29, 1.82) is 0 Å². The summed E-state index contributed by atoms with van der Waals surface area (Å²) < 4.78 is 2.09. The van der Waals surface area contributed by atoms with Crippen LogP contribution in [0, 0.1) is 13.8 Å². The zero-order valence-corrected chi connectivity index (χ0v) is 16.8. The average molecular weight is 384 g/mol. The Morgan fingerprint density at radius 1 is 0.793 bits per heavy atom. The third-order valence-corrected chi connectivity index (χ3v) is 5.65. The molecular formula is C23H24N6. The van der Waals surface area contributed by atoms with Gasteiger partial charge in [-0.05, 0) is 37.1 Å². The Labute approximate surface area is 170 Å². The fourth-order valence-electron chi connectivity index (χ4n) is 4.15. The maximum absolute atomic E-state index is 5.09. The summed E-state index contributed by atoms with van der Waals surface area (Å²) in [5, 5.41) is 0. The monoisotopic (exact) mass is 384 g/mol. The average Bonchev–Trinajstić information content (AvgIpc) is 3.23. The first-order valence-corrected chi connectivity index (χ1v) is 10.0. The molecule has 4 aromatic rings. The lowest BCUT2D eigenvalue weighted by molar-refractivity contribution is 0.642. The van der Waals surface area contributed by atoms with Crippen LogP contribution in [0.2, 0.25) is 0 Å². The Bertz CT molecular complexity index is 1120. The number of aryl methyl sites for hydroxylation is 2. The molecule has 1 aromatic carbocycles. The highest BCUT2D eigenvalue weighted by Gasteiger charge is 2.22. The van der Waals surface area contributed by atoms with Crippen molar-refractivity contribution in [2.75, 3.05) is 36.0 Å². The number of piperazine rings is 1. The highest BCUT2D eigenvalue weighted by Crippen LogP contribution is 2.29. The third-order valence-electron chi connectivity index (χ3n) is 5.65.